The van der Waals surface area contributed by atoms with E-state index in [0.29, 0.717) is 36.9 Å². The molecule has 94 valence electrons. The molecule has 1 aliphatic heterocycles. The highest BCUT2D eigenvalue weighted by atomic mass is 16.5. The number of ether oxygens (including phenoxy) is 3. The standard InChI is InChI=1S/C14H14O4/c1-2-16-14(15)7-5-11-4-6-12-13(10-11)18-9-3-8-17-12/h4,6,10H,2-3,8-9H2,1H3. The lowest BCUT2D eigenvalue weighted by Gasteiger charge is -2.06. The Labute approximate surface area is 106 Å². The third-order valence-corrected chi connectivity index (χ3v) is 2.33. The molecule has 1 aromatic rings. The van der Waals surface area contributed by atoms with Crippen molar-refractivity contribution in [3.8, 4) is 23.3 Å². The van der Waals surface area contributed by atoms with E-state index in [1.54, 1.807) is 25.1 Å². The van der Waals surface area contributed by atoms with Crippen LogP contribution in [0, 0.1) is 11.8 Å². The van der Waals surface area contributed by atoms with E-state index in [4.69, 9.17) is 14.2 Å². The summed E-state index contributed by atoms with van der Waals surface area (Å²) in [6.45, 7) is 3.35. The maximum Gasteiger partial charge on any atom is 0.384 e. The first-order valence-corrected chi connectivity index (χ1v) is 5.88. The Morgan fingerprint density at radius 2 is 2.11 bits per heavy atom. The van der Waals surface area contributed by atoms with Gasteiger partial charge in [-0.05, 0) is 25.1 Å². The fraction of sp³-hybridized carbons (Fsp3) is 0.357. The molecule has 1 aliphatic rings. The Bertz CT molecular complexity index is 496. The lowest BCUT2D eigenvalue weighted by atomic mass is 10.2. The molecule has 0 spiro atoms. The summed E-state index contributed by atoms with van der Waals surface area (Å²) in [6.07, 6.45) is 0.860. The Kier molecular flexibility index (Phi) is 4.08. The molecule has 2 rings (SSSR count). The first-order valence-electron chi connectivity index (χ1n) is 5.88. The minimum atomic E-state index is -0.524. The van der Waals surface area contributed by atoms with Crippen molar-refractivity contribution in [2.24, 2.45) is 0 Å². The Hall–Kier alpha value is -2.15. The lowest BCUT2D eigenvalue weighted by Crippen LogP contribution is -1.99. The lowest BCUT2D eigenvalue weighted by molar-refractivity contribution is -0.136. The van der Waals surface area contributed by atoms with Crippen molar-refractivity contribution >= 4 is 5.97 Å². The molecule has 4 heteroatoms. The molecule has 0 unspecified atom stereocenters. The molecule has 0 saturated heterocycles. The van der Waals surface area contributed by atoms with Gasteiger partial charge >= 0.3 is 5.97 Å². The third-order valence-electron chi connectivity index (χ3n) is 2.33. The van der Waals surface area contributed by atoms with E-state index in [1.165, 1.54) is 0 Å². The van der Waals surface area contributed by atoms with Crippen LogP contribution >= 0.6 is 0 Å². The van der Waals surface area contributed by atoms with E-state index in [2.05, 4.69) is 11.8 Å². The SMILES string of the molecule is CCOC(=O)C#Cc1ccc2c(c1)OCCCO2. The number of carbonyl (C=O) groups is 1. The van der Waals surface area contributed by atoms with Gasteiger partial charge in [0.05, 0.1) is 19.8 Å². The molecule has 1 aromatic carbocycles. The van der Waals surface area contributed by atoms with Gasteiger partial charge in [-0.15, -0.1) is 0 Å². The Morgan fingerprint density at radius 3 is 2.89 bits per heavy atom. The van der Waals surface area contributed by atoms with E-state index in [1.807, 2.05) is 0 Å². The molecule has 0 amide bonds. The number of hydrogen-bond donors (Lipinski definition) is 0. The fourth-order valence-corrected chi connectivity index (χ4v) is 1.53. The van der Waals surface area contributed by atoms with Gasteiger partial charge in [0.15, 0.2) is 11.5 Å². The van der Waals surface area contributed by atoms with Gasteiger partial charge in [0.2, 0.25) is 0 Å². The maximum atomic E-state index is 11.1. The largest absolute Gasteiger partial charge is 0.490 e. The van der Waals surface area contributed by atoms with Crippen LogP contribution in [0.25, 0.3) is 0 Å². The summed E-state index contributed by atoms with van der Waals surface area (Å²) < 4.78 is 15.8. The van der Waals surface area contributed by atoms with Gasteiger partial charge < -0.3 is 14.2 Å². The van der Waals surface area contributed by atoms with Crippen LogP contribution in [0.3, 0.4) is 0 Å². The molecule has 0 N–H and O–H groups in total. The summed E-state index contributed by atoms with van der Waals surface area (Å²) in [6, 6.07) is 5.36. The van der Waals surface area contributed by atoms with E-state index in [-0.39, 0.29) is 0 Å². The predicted octanol–water partition coefficient (Wildman–Crippen LogP) is 1.76. The summed E-state index contributed by atoms with van der Waals surface area (Å²) in [7, 11) is 0. The van der Waals surface area contributed by atoms with Crippen LogP contribution < -0.4 is 9.47 Å². The van der Waals surface area contributed by atoms with Crippen molar-refractivity contribution in [3.05, 3.63) is 23.8 Å². The zero-order valence-corrected chi connectivity index (χ0v) is 10.2. The first kappa shape index (κ1) is 12.3. The minimum Gasteiger partial charge on any atom is -0.490 e. The molecule has 0 aromatic heterocycles. The Morgan fingerprint density at radius 1 is 1.33 bits per heavy atom. The molecule has 0 atom stereocenters. The van der Waals surface area contributed by atoms with Gasteiger partial charge in [0, 0.05) is 17.9 Å². The van der Waals surface area contributed by atoms with Gasteiger partial charge in [0.1, 0.15) is 0 Å². The molecule has 4 nitrogen and oxygen atoms in total. The smallest absolute Gasteiger partial charge is 0.384 e. The monoisotopic (exact) mass is 246 g/mol. The highest BCUT2D eigenvalue weighted by Crippen LogP contribution is 2.29. The summed E-state index contributed by atoms with van der Waals surface area (Å²) in [5.41, 5.74) is 0.701. The van der Waals surface area contributed by atoms with Gasteiger partial charge in [-0.25, -0.2) is 4.79 Å². The topological polar surface area (TPSA) is 44.8 Å². The van der Waals surface area contributed by atoms with E-state index in [0.717, 1.165) is 6.42 Å². The van der Waals surface area contributed by atoms with Gasteiger partial charge in [-0.2, -0.15) is 0 Å². The summed E-state index contributed by atoms with van der Waals surface area (Å²) >= 11 is 0. The average Bonchev–Trinajstić information content (AvgIpc) is 2.61. The van der Waals surface area contributed by atoms with Gasteiger partial charge in [-0.1, -0.05) is 5.92 Å². The van der Waals surface area contributed by atoms with Crippen LogP contribution in [-0.2, 0) is 9.53 Å². The molecule has 0 bridgehead atoms. The summed E-state index contributed by atoms with van der Waals surface area (Å²) in [5.74, 6) is 6.02. The number of rotatable bonds is 1. The van der Waals surface area contributed by atoms with Gasteiger partial charge in [-0.3, -0.25) is 0 Å². The third kappa shape index (κ3) is 3.17. The number of carbonyl (C=O) groups excluding carboxylic acids is 1. The van der Waals surface area contributed by atoms with Crippen LogP contribution in [0.2, 0.25) is 0 Å². The predicted molar refractivity (Wildman–Crippen MR) is 65.6 cm³/mol. The van der Waals surface area contributed by atoms with Crippen LogP contribution in [0.15, 0.2) is 18.2 Å². The average molecular weight is 246 g/mol. The first-order chi connectivity index (χ1) is 8.79. The van der Waals surface area contributed by atoms with Crippen molar-refractivity contribution in [2.45, 2.75) is 13.3 Å². The number of esters is 1. The van der Waals surface area contributed by atoms with E-state index in [9.17, 15) is 4.79 Å². The summed E-state index contributed by atoms with van der Waals surface area (Å²) in [4.78, 5) is 11.1. The molecule has 18 heavy (non-hydrogen) atoms. The van der Waals surface area contributed by atoms with Crippen molar-refractivity contribution in [1.29, 1.82) is 0 Å². The van der Waals surface area contributed by atoms with Crippen molar-refractivity contribution in [2.75, 3.05) is 19.8 Å². The second kappa shape index (κ2) is 5.97. The quantitative estimate of drug-likeness (QED) is 0.559. The van der Waals surface area contributed by atoms with Crippen molar-refractivity contribution in [1.82, 2.24) is 0 Å². The van der Waals surface area contributed by atoms with Crippen LogP contribution in [0.1, 0.15) is 18.9 Å². The maximum absolute atomic E-state index is 11.1. The molecular weight excluding hydrogens is 232 g/mol. The zero-order valence-electron chi connectivity index (χ0n) is 10.2. The van der Waals surface area contributed by atoms with Gasteiger partial charge in [0.25, 0.3) is 0 Å². The van der Waals surface area contributed by atoms with E-state index < -0.39 is 5.97 Å². The minimum absolute atomic E-state index is 0.328. The normalized spacial score (nSPS) is 12.9. The Balaban J connectivity index is 2.15. The number of hydrogen-bond acceptors (Lipinski definition) is 4. The van der Waals surface area contributed by atoms with Crippen LogP contribution in [0.5, 0.6) is 11.5 Å². The highest BCUT2D eigenvalue weighted by molar-refractivity contribution is 5.89. The second-order valence-corrected chi connectivity index (χ2v) is 3.68. The van der Waals surface area contributed by atoms with E-state index >= 15 is 0 Å². The summed E-state index contributed by atoms with van der Waals surface area (Å²) in [5, 5.41) is 0. The molecule has 0 aliphatic carbocycles. The number of benzene rings is 1. The molecule has 0 radical (unpaired) electrons. The highest BCUT2D eigenvalue weighted by Gasteiger charge is 2.09. The zero-order chi connectivity index (χ0) is 12.8. The van der Waals surface area contributed by atoms with Crippen molar-refractivity contribution < 1.29 is 19.0 Å². The number of fused-ring (bicyclic) bond motifs is 1. The fourth-order valence-electron chi connectivity index (χ4n) is 1.53. The molecule has 0 saturated carbocycles. The van der Waals surface area contributed by atoms with Crippen molar-refractivity contribution in [3.63, 3.8) is 0 Å². The molecular formula is C14H14O4. The molecule has 1 heterocycles. The van der Waals surface area contributed by atoms with Crippen LogP contribution in [0.4, 0.5) is 0 Å². The molecule has 0 fully saturated rings. The second-order valence-electron chi connectivity index (χ2n) is 3.68. The van der Waals surface area contributed by atoms with Crippen LogP contribution in [-0.4, -0.2) is 25.8 Å².